The second-order valence-electron chi connectivity index (χ2n) is 1.36. The SMILES string of the molecule is O=C([S-])NNC(=O)C(F)(F)F. The quantitative estimate of drug-likeness (QED) is 0.409. The van der Waals surface area contributed by atoms with Crippen LogP contribution in [0.4, 0.5) is 18.0 Å². The Bertz CT molecular complexity index is 180. The van der Waals surface area contributed by atoms with E-state index in [9.17, 15) is 22.8 Å². The van der Waals surface area contributed by atoms with Gasteiger partial charge in [0.1, 0.15) is 5.24 Å². The Balaban J connectivity index is 3.80. The number of alkyl halides is 3. The highest BCUT2D eigenvalue weighted by Gasteiger charge is 2.38. The van der Waals surface area contributed by atoms with E-state index in [4.69, 9.17) is 0 Å². The summed E-state index contributed by atoms with van der Waals surface area (Å²) in [5.41, 5.74) is 2.36. The van der Waals surface area contributed by atoms with E-state index in [1.807, 2.05) is 0 Å². The number of halogens is 3. The summed E-state index contributed by atoms with van der Waals surface area (Å²) >= 11 is 3.79. The molecule has 64 valence electrons. The largest absolute Gasteiger partial charge is 0.717 e. The van der Waals surface area contributed by atoms with Crippen LogP contribution in [0.5, 0.6) is 0 Å². The first-order chi connectivity index (χ1) is 4.84. The molecule has 11 heavy (non-hydrogen) atoms. The molecule has 8 heteroatoms. The zero-order chi connectivity index (χ0) is 9.07. The van der Waals surface area contributed by atoms with Gasteiger partial charge in [0.05, 0.1) is 0 Å². The number of hydrogen-bond donors (Lipinski definition) is 2. The number of nitrogens with one attached hydrogen (secondary N) is 2. The fourth-order valence-electron chi connectivity index (χ4n) is 0.179. The Kier molecular flexibility index (Phi) is 3.05. The van der Waals surface area contributed by atoms with E-state index in [-0.39, 0.29) is 0 Å². The predicted octanol–water partition coefficient (Wildman–Crippen LogP) is -0.164. The first kappa shape index (κ1) is 9.95. The summed E-state index contributed by atoms with van der Waals surface area (Å²) < 4.78 is 33.9. The van der Waals surface area contributed by atoms with Gasteiger partial charge in [0, 0.05) is 0 Å². The zero-order valence-electron chi connectivity index (χ0n) is 4.86. The molecule has 2 N–H and O–H groups in total. The van der Waals surface area contributed by atoms with Gasteiger partial charge in [0.25, 0.3) is 0 Å². The molecule has 0 aromatic carbocycles. The van der Waals surface area contributed by atoms with Crippen molar-refractivity contribution in [3.63, 3.8) is 0 Å². The Hall–Kier alpha value is -1.05. The Morgan fingerprint density at radius 2 is 1.64 bits per heavy atom. The van der Waals surface area contributed by atoms with Gasteiger partial charge in [-0.25, -0.2) is 0 Å². The topological polar surface area (TPSA) is 58.2 Å². The van der Waals surface area contributed by atoms with Crippen LogP contribution in [-0.4, -0.2) is 17.3 Å². The lowest BCUT2D eigenvalue weighted by atomic mass is 10.6. The minimum atomic E-state index is -5.02. The maximum absolute atomic E-state index is 11.3. The van der Waals surface area contributed by atoms with Crippen molar-refractivity contribution in [1.29, 1.82) is 0 Å². The molecular weight excluding hydrogens is 185 g/mol. The number of carbonyl (C=O) groups excluding carboxylic acids is 2. The first-order valence-corrected chi connectivity index (χ1v) is 2.59. The molecule has 0 saturated heterocycles. The molecule has 0 saturated carbocycles. The number of carbonyl (C=O) groups is 2. The number of amides is 2. The summed E-state index contributed by atoms with van der Waals surface area (Å²) in [6.07, 6.45) is -5.02. The summed E-state index contributed by atoms with van der Waals surface area (Å²) in [5, 5.41) is -1.19. The monoisotopic (exact) mass is 187 g/mol. The highest BCUT2D eigenvalue weighted by atomic mass is 32.1. The summed E-state index contributed by atoms with van der Waals surface area (Å²) in [4.78, 5) is 19.7. The van der Waals surface area contributed by atoms with Crippen LogP contribution in [0.15, 0.2) is 0 Å². The van der Waals surface area contributed by atoms with Gasteiger partial charge in [0.2, 0.25) is 0 Å². The highest BCUT2D eigenvalue weighted by Crippen LogP contribution is 2.13. The van der Waals surface area contributed by atoms with Gasteiger partial charge in [-0.05, 0) is 0 Å². The molecule has 4 nitrogen and oxygen atoms in total. The van der Waals surface area contributed by atoms with Crippen molar-refractivity contribution < 1.29 is 22.8 Å². The molecule has 0 rings (SSSR count). The van der Waals surface area contributed by atoms with Gasteiger partial charge < -0.3 is 17.4 Å². The normalized spacial score (nSPS) is 10.5. The van der Waals surface area contributed by atoms with Crippen molar-refractivity contribution >= 4 is 23.8 Å². The maximum atomic E-state index is 11.3. The molecular formula is C3H2F3N2O2S-. The van der Waals surface area contributed by atoms with Crippen molar-refractivity contribution in [3.05, 3.63) is 0 Å². The molecule has 0 aliphatic carbocycles. The van der Waals surface area contributed by atoms with E-state index < -0.39 is 17.3 Å². The third-order valence-corrected chi connectivity index (χ3v) is 0.638. The molecule has 0 fully saturated rings. The van der Waals surface area contributed by atoms with Crippen LogP contribution in [0.25, 0.3) is 0 Å². The Labute approximate surface area is 64.5 Å². The van der Waals surface area contributed by atoms with Crippen LogP contribution in [-0.2, 0) is 17.4 Å². The zero-order valence-corrected chi connectivity index (χ0v) is 5.68. The van der Waals surface area contributed by atoms with E-state index >= 15 is 0 Å². The molecule has 0 aliphatic heterocycles. The summed E-state index contributed by atoms with van der Waals surface area (Å²) in [6, 6.07) is 0. The second kappa shape index (κ2) is 3.37. The van der Waals surface area contributed by atoms with E-state index in [1.54, 1.807) is 0 Å². The lowest BCUT2D eigenvalue weighted by Crippen LogP contribution is -2.46. The van der Waals surface area contributed by atoms with Crippen LogP contribution < -0.4 is 10.9 Å². The Morgan fingerprint density at radius 1 is 1.18 bits per heavy atom. The van der Waals surface area contributed by atoms with Gasteiger partial charge in [-0.1, -0.05) is 0 Å². The Morgan fingerprint density at radius 3 is 1.91 bits per heavy atom. The summed E-state index contributed by atoms with van der Waals surface area (Å²) in [7, 11) is 0. The highest BCUT2D eigenvalue weighted by molar-refractivity contribution is 7.76. The van der Waals surface area contributed by atoms with Crippen molar-refractivity contribution in [2.75, 3.05) is 0 Å². The van der Waals surface area contributed by atoms with Gasteiger partial charge in [0.15, 0.2) is 0 Å². The van der Waals surface area contributed by atoms with Crippen molar-refractivity contribution in [2.45, 2.75) is 6.18 Å². The lowest BCUT2D eigenvalue weighted by molar-refractivity contribution is -0.174. The van der Waals surface area contributed by atoms with Crippen LogP contribution in [0.3, 0.4) is 0 Å². The van der Waals surface area contributed by atoms with Crippen LogP contribution >= 0.6 is 0 Å². The average molecular weight is 187 g/mol. The molecule has 0 radical (unpaired) electrons. The average Bonchev–Trinajstić information content (AvgIpc) is 1.80. The molecule has 2 amide bonds. The number of hydrazine groups is 1. The van der Waals surface area contributed by atoms with E-state index in [1.165, 1.54) is 5.43 Å². The minimum absolute atomic E-state index is 1.05. The number of rotatable bonds is 0. The number of hydrogen-bond acceptors (Lipinski definition) is 3. The molecule has 0 spiro atoms. The fraction of sp³-hybridized carbons (Fsp3) is 0.333. The van der Waals surface area contributed by atoms with Gasteiger partial charge in [-0.2, -0.15) is 13.2 Å². The van der Waals surface area contributed by atoms with Crippen molar-refractivity contribution in [3.8, 4) is 0 Å². The predicted molar refractivity (Wildman–Crippen MR) is 30.1 cm³/mol. The van der Waals surface area contributed by atoms with E-state index in [0.29, 0.717) is 0 Å². The molecule has 0 heterocycles. The maximum Gasteiger partial charge on any atom is 0.472 e. The third kappa shape index (κ3) is 4.37. The molecule has 0 aliphatic rings. The van der Waals surface area contributed by atoms with Crippen LogP contribution in [0.1, 0.15) is 0 Å². The molecule has 0 unspecified atom stereocenters. The molecule has 0 aromatic heterocycles. The minimum Gasteiger partial charge on any atom is -0.717 e. The summed E-state index contributed by atoms with van der Waals surface area (Å²) in [6.45, 7) is 0. The molecule has 0 aromatic rings. The van der Waals surface area contributed by atoms with E-state index in [2.05, 4.69) is 12.6 Å². The molecule has 0 atom stereocenters. The van der Waals surface area contributed by atoms with Crippen LogP contribution in [0.2, 0.25) is 0 Å². The summed E-state index contributed by atoms with van der Waals surface area (Å²) in [5.74, 6) is -2.27. The molecule has 0 bridgehead atoms. The van der Waals surface area contributed by atoms with Crippen molar-refractivity contribution in [1.82, 2.24) is 10.9 Å². The van der Waals surface area contributed by atoms with E-state index in [0.717, 1.165) is 5.43 Å². The standard InChI is InChI=1S/C3H3F3N2O2S/c4-3(5,6)1(9)7-8-2(10)11/h(H,7,9)(H2,8,10,11)/p-1. The smallest absolute Gasteiger partial charge is 0.472 e. The lowest BCUT2D eigenvalue weighted by Gasteiger charge is -2.10. The van der Waals surface area contributed by atoms with Crippen molar-refractivity contribution in [2.24, 2.45) is 0 Å². The van der Waals surface area contributed by atoms with Gasteiger partial charge >= 0.3 is 12.1 Å². The third-order valence-electron chi connectivity index (χ3n) is 0.536. The van der Waals surface area contributed by atoms with Gasteiger partial charge in [-0.15, -0.1) is 0 Å². The van der Waals surface area contributed by atoms with Crippen LogP contribution in [0, 0.1) is 0 Å². The first-order valence-electron chi connectivity index (χ1n) is 2.18. The second-order valence-corrected chi connectivity index (χ2v) is 1.74. The van der Waals surface area contributed by atoms with Gasteiger partial charge in [-0.3, -0.25) is 15.6 Å². The fourth-order valence-corrected chi connectivity index (χ4v) is 0.230.